The molecular formula is C20H20FN3OS. The molecule has 1 aromatic carbocycles. The van der Waals surface area contributed by atoms with E-state index in [0.717, 1.165) is 24.0 Å². The molecule has 0 saturated heterocycles. The van der Waals surface area contributed by atoms with Gasteiger partial charge in [0.1, 0.15) is 16.1 Å². The Morgan fingerprint density at radius 3 is 2.81 bits per heavy atom. The Morgan fingerprint density at radius 2 is 2.15 bits per heavy atom. The highest BCUT2D eigenvalue weighted by Crippen LogP contribution is 2.60. The molecule has 1 aliphatic heterocycles. The summed E-state index contributed by atoms with van der Waals surface area (Å²) in [7, 11) is 3.41. The van der Waals surface area contributed by atoms with Gasteiger partial charge in [-0.2, -0.15) is 0 Å². The fraction of sp³-hybridized carbons (Fsp3) is 0.400. The number of thioether (sulfide) groups is 1. The molecule has 4 rings (SSSR count). The van der Waals surface area contributed by atoms with E-state index in [0.29, 0.717) is 11.5 Å². The van der Waals surface area contributed by atoms with E-state index >= 15 is 0 Å². The van der Waals surface area contributed by atoms with E-state index < -0.39 is 10.3 Å². The molecule has 2 aliphatic carbocycles. The van der Waals surface area contributed by atoms with Crippen molar-refractivity contribution in [2.75, 3.05) is 14.1 Å². The summed E-state index contributed by atoms with van der Waals surface area (Å²) >= 11 is 1.22. The van der Waals surface area contributed by atoms with Crippen molar-refractivity contribution in [1.29, 1.82) is 0 Å². The molecule has 6 heteroatoms. The second kappa shape index (κ2) is 5.62. The summed E-state index contributed by atoms with van der Waals surface area (Å²) in [6.07, 6.45) is 4.13. The Labute approximate surface area is 156 Å². The van der Waals surface area contributed by atoms with Gasteiger partial charge in [0.15, 0.2) is 5.17 Å². The lowest BCUT2D eigenvalue weighted by atomic mass is 9.86. The number of amidine groups is 1. The standard InChI is InChI=1S/C20H20FN3OS/c1-19(14-10-13(8-9-15(14)21)7-6-12-4-5-12)16-11-20(16,17(25)24(2)3)26-18(22)23-19/h8-12H,4-5H2,1-3H3,(H2,22,23)/t19-,20+/m1/s1. The van der Waals surface area contributed by atoms with Crippen LogP contribution in [0.15, 0.2) is 34.8 Å². The normalized spacial score (nSPS) is 28.9. The summed E-state index contributed by atoms with van der Waals surface area (Å²) in [5, 5.41) is 0.286. The number of fused-ring (bicyclic) bond motifs is 1. The van der Waals surface area contributed by atoms with Gasteiger partial charge in [0, 0.05) is 31.1 Å². The van der Waals surface area contributed by atoms with Gasteiger partial charge in [-0.25, -0.2) is 9.38 Å². The molecule has 0 aromatic heterocycles. The predicted octanol–water partition coefficient (Wildman–Crippen LogP) is 2.63. The molecule has 2 atom stereocenters. The zero-order valence-electron chi connectivity index (χ0n) is 15.0. The molecule has 0 bridgehead atoms. The van der Waals surface area contributed by atoms with Crippen LogP contribution in [-0.4, -0.2) is 34.8 Å². The predicted molar refractivity (Wildman–Crippen MR) is 102 cm³/mol. The van der Waals surface area contributed by atoms with Crippen LogP contribution in [0.2, 0.25) is 0 Å². The molecule has 0 spiro atoms. The average Bonchev–Trinajstić information content (AvgIpc) is 3.47. The third-order valence-electron chi connectivity index (χ3n) is 5.00. The molecule has 4 nitrogen and oxygen atoms in total. The Kier molecular flexibility index (Phi) is 3.71. The number of benzene rings is 1. The molecule has 3 aliphatic rings. The summed E-state index contributed by atoms with van der Waals surface area (Å²) in [4.78, 5) is 18.8. The van der Waals surface area contributed by atoms with Gasteiger partial charge in [0.05, 0.1) is 0 Å². The van der Waals surface area contributed by atoms with Gasteiger partial charge in [0.25, 0.3) is 0 Å². The fourth-order valence-corrected chi connectivity index (χ4v) is 4.68. The number of hydrogen-bond acceptors (Lipinski definition) is 4. The highest BCUT2D eigenvalue weighted by atomic mass is 32.2. The van der Waals surface area contributed by atoms with E-state index in [-0.39, 0.29) is 16.9 Å². The van der Waals surface area contributed by atoms with Gasteiger partial charge in [-0.15, -0.1) is 0 Å². The first-order chi connectivity index (χ1) is 12.3. The number of amides is 1. The number of halogens is 1. The van der Waals surface area contributed by atoms with Crippen LogP contribution in [0.5, 0.6) is 0 Å². The van der Waals surface area contributed by atoms with Crippen LogP contribution in [0.25, 0.3) is 0 Å². The number of carbonyl (C=O) groups excluding carboxylic acids is 1. The second-order valence-electron chi connectivity index (χ2n) is 7.36. The van der Waals surface area contributed by atoms with Crippen LogP contribution in [0, 0.1) is 23.6 Å². The van der Waals surface area contributed by atoms with Gasteiger partial charge >= 0.3 is 0 Å². The van der Waals surface area contributed by atoms with E-state index in [1.54, 1.807) is 26.2 Å². The summed E-state index contributed by atoms with van der Waals surface area (Å²) in [5.74, 6) is 6.34. The van der Waals surface area contributed by atoms with E-state index in [1.807, 2.05) is 13.0 Å². The van der Waals surface area contributed by atoms with E-state index in [1.165, 1.54) is 22.7 Å². The third kappa shape index (κ3) is 2.62. The molecule has 1 saturated carbocycles. The molecule has 0 radical (unpaired) electrons. The Morgan fingerprint density at radius 1 is 1.42 bits per heavy atom. The number of aliphatic imine (C=N–C) groups is 1. The molecule has 26 heavy (non-hydrogen) atoms. The van der Waals surface area contributed by atoms with Crippen LogP contribution in [0.1, 0.15) is 30.9 Å². The van der Waals surface area contributed by atoms with Crippen molar-refractivity contribution in [2.24, 2.45) is 16.6 Å². The number of nitrogens with two attached hydrogens (primary N) is 1. The maximum absolute atomic E-state index is 14.7. The number of nitrogens with zero attached hydrogens (tertiary/aromatic N) is 2. The molecule has 1 aromatic rings. The number of carbonyl (C=O) groups is 1. The van der Waals surface area contributed by atoms with Crippen molar-refractivity contribution in [2.45, 2.75) is 30.1 Å². The van der Waals surface area contributed by atoms with Crippen molar-refractivity contribution in [3.05, 3.63) is 46.8 Å². The lowest BCUT2D eigenvalue weighted by Crippen LogP contribution is -2.43. The summed E-state index contributed by atoms with van der Waals surface area (Å²) in [6.45, 7) is 1.81. The van der Waals surface area contributed by atoms with Crippen molar-refractivity contribution in [3.63, 3.8) is 0 Å². The average molecular weight is 369 g/mol. The zero-order chi connectivity index (χ0) is 18.7. The Hall–Kier alpha value is -2.26. The van der Waals surface area contributed by atoms with Crippen LogP contribution >= 0.6 is 11.8 Å². The van der Waals surface area contributed by atoms with Gasteiger partial charge in [-0.3, -0.25) is 4.79 Å². The summed E-state index contributed by atoms with van der Waals surface area (Å²) in [5.41, 5.74) is 6.99. The van der Waals surface area contributed by atoms with E-state index in [2.05, 4.69) is 16.8 Å². The minimum Gasteiger partial charge on any atom is -0.378 e. The largest absolute Gasteiger partial charge is 0.378 e. The summed E-state index contributed by atoms with van der Waals surface area (Å²) in [6, 6.07) is 4.84. The van der Waals surface area contributed by atoms with E-state index in [9.17, 15) is 9.18 Å². The highest BCUT2D eigenvalue weighted by molar-refractivity contribution is 8.16. The quantitative estimate of drug-likeness (QED) is 0.644. The smallest absolute Gasteiger partial charge is 0.247 e. The fourth-order valence-electron chi connectivity index (χ4n) is 3.37. The minimum atomic E-state index is -0.998. The maximum atomic E-state index is 14.7. The Balaban J connectivity index is 1.76. The highest BCUT2D eigenvalue weighted by Gasteiger charge is 2.63. The first kappa shape index (κ1) is 17.2. The van der Waals surface area contributed by atoms with Crippen LogP contribution in [0.3, 0.4) is 0 Å². The van der Waals surface area contributed by atoms with Crippen LogP contribution in [-0.2, 0) is 10.3 Å². The van der Waals surface area contributed by atoms with Crippen molar-refractivity contribution in [3.8, 4) is 11.8 Å². The van der Waals surface area contributed by atoms with Gasteiger partial charge < -0.3 is 10.6 Å². The van der Waals surface area contributed by atoms with Gasteiger partial charge in [0.2, 0.25) is 5.91 Å². The monoisotopic (exact) mass is 369 g/mol. The molecular weight excluding hydrogens is 349 g/mol. The first-order valence-electron chi connectivity index (χ1n) is 8.58. The minimum absolute atomic E-state index is 0.0772. The topological polar surface area (TPSA) is 58.7 Å². The molecule has 2 N–H and O–H groups in total. The summed E-state index contributed by atoms with van der Waals surface area (Å²) < 4.78 is 13.9. The van der Waals surface area contributed by atoms with Crippen molar-refractivity contribution < 1.29 is 9.18 Å². The van der Waals surface area contributed by atoms with Crippen molar-refractivity contribution >= 4 is 22.8 Å². The number of hydrogen-bond donors (Lipinski definition) is 1. The zero-order valence-corrected chi connectivity index (χ0v) is 15.8. The molecule has 1 amide bonds. The SMILES string of the molecule is CN(C)C(=O)[C@]12C=C1[C@@](C)(c1cc(C#CC3CC3)ccc1F)N=C(N)S2. The third-order valence-corrected chi connectivity index (χ3v) is 6.14. The van der Waals surface area contributed by atoms with Crippen molar-refractivity contribution in [1.82, 2.24) is 4.90 Å². The lowest BCUT2D eigenvalue weighted by Gasteiger charge is -2.34. The van der Waals surface area contributed by atoms with Gasteiger partial charge in [-0.05, 0) is 43.5 Å². The lowest BCUT2D eigenvalue weighted by molar-refractivity contribution is -0.128. The first-order valence-corrected chi connectivity index (χ1v) is 9.39. The Bertz CT molecular complexity index is 938. The van der Waals surface area contributed by atoms with Crippen LogP contribution < -0.4 is 5.73 Å². The molecule has 1 heterocycles. The molecule has 1 fully saturated rings. The van der Waals surface area contributed by atoms with Gasteiger partial charge in [-0.1, -0.05) is 29.7 Å². The van der Waals surface area contributed by atoms with E-state index in [4.69, 9.17) is 5.73 Å². The second-order valence-corrected chi connectivity index (χ2v) is 8.62. The maximum Gasteiger partial charge on any atom is 0.247 e. The van der Waals surface area contributed by atoms with Crippen LogP contribution in [0.4, 0.5) is 4.39 Å². The molecule has 0 unspecified atom stereocenters. The molecule has 134 valence electrons. The number of rotatable bonds is 2.